The van der Waals surface area contributed by atoms with Gasteiger partial charge in [-0.3, -0.25) is 4.79 Å². The molecule has 3 heteroatoms. The van der Waals surface area contributed by atoms with Crippen LogP contribution in [-0.4, -0.2) is 10.9 Å². The SMILES string of the molecule is CC1CC(=O)c2c(O)cc(F)cc21. The van der Waals surface area contributed by atoms with E-state index in [2.05, 4.69) is 0 Å². The number of rotatable bonds is 0. The number of carbonyl (C=O) groups excluding carboxylic acids is 1. The van der Waals surface area contributed by atoms with Crippen LogP contribution in [0, 0.1) is 5.82 Å². The Hall–Kier alpha value is -1.38. The van der Waals surface area contributed by atoms with Crippen LogP contribution in [0.5, 0.6) is 5.75 Å². The van der Waals surface area contributed by atoms with Gasteiger partial charge in [0.2, 0.25) is 0 Å². The first-order valence-corrected chi connectivity index (χ1v) is 4.15. The molecule has 1 aromatic carbocycles. The minimum absolute atomic E-state index is 0.0177. The molecule has 1 unspecified atom stereocenters. The number of fused-ring (bicyclic) bond motifs is 1. The number of hydrogen-bond donors (Lipinski definition) is 1. The Kier molecular flexibility index (Phi) is 1.62. The van der Waals surface area contributed by atoms with Crippen molar-refractivity contribution in [1.82, 2.24) is 0 Å². The minimum atomic E-state index is -0.488. The number of hydrogen-bond acceptors (Lipinski definition) is 2. The van der Waals surface area contributed by atoms with E-state index in [1.54, 1.807) is 0 Å². The van der Waals surface area contributed by atoms with Gasteiger partial charge in [0, 0.05) is 12.5 Å². The highest BCUT2D eigenvalue weighted by molar-refractivity contribution is 6.03. The van der Waals surface area contributed by atoms with Crippen molar-refractivity contribution in [3.8, 4) is 5.75 Å². The Bertz CT molecular complexity index is 385. The molecule has 0 heterocycles. The fraction of sp³-hybridized carbons (Fsp3) is 0.300. The highest BCUT2D eigenvalue weighted by atomic mass is 19.1. The number of Topliss-reactive ketones (excluding diaryl/α,β-unsaturated/α-hetero) is 1. The molecule has 0 fully saturated rings. The smallest absolute Gasteiger partial charge is 0.167 e. The van der Waals surface area contributed by atoms with Gasteiger partial charge in [-0.1, -0.05) is 6.92 Å². The maximum Gasteiger partial charge on any atom is 0.167 e. The van der Waals surface area contributed by atoms with E-state index in [1.807, 2.05) is 6.92 Å². The molecule has 1 aliphatic carbocycles. The van der Waals surface area contributed by atoms with E-state index in [9.17, 15) is 14.3 Å². The zero-order chi connectivity index (χ0) is 9.59. The molecule has 1 N–H and O–H groups in total. The maximum absolute atomic E-state index is 12.9. The van der Waals surface area contributed by atoms with Gasteiger partial charge in [0.1, 0.15) is 11.6 Å². The van der Waals surface area contributed by atoms with Crippen molar-refractivity contribution in [3.63, 3.8) is 0 Å². The molecule has 0 saturated carbocycles. The molecule has 0 bridgehead atoms. The molecule has 13 heavy (non-hydrogen) atoms. The number of phenolic OH excluding ortho intramolecular Hbond substituents is 1. The first-order valence-electron chi connectivity index (χ1n) is 4.15. The van der Waals surface area contributed by atoms with Crippen molar-refractivity contribution in [2.45, 2.75) is 19.3 Å². The summed E-state index contributed by atoms with van der Waals surface area (Å²) in [5, 5.41) is 9.34. The molecular formula is C10H9FO2. The van der Waals surface area contributed by atoms with Gasteiger partial charge < -0.3 is 5.11 Å². The molecular weight excluding hydrogens is 171 g/mol. The number of ketones is 1. The molecule has 2 rings (SSSR count). The van der Waals surface area contributed by atoms with Gasteiger partial charge in [0.05, 0.1) is 5.56 Å². The summed E-state index contributed by atoms with van der Waals surface area (Å²) in [5.41, 5.74) is 0.927. The lowest BCUT2D eigenvalue weighted by Crippen LogP contribution is -1.92. The van der Waals surface area contributed by atoms with Crippen molar-refractivity contribution in [1.29, 1.82) is 0 Å². The van der Waals surface area contributed by atoms with Crippen LogP contribution in [-0.2, 0) is 0 Å². The van der Waals surface area contributed by atoms with Crippen molar-refractivity contribution >= 4 is 5.78 Å². The van der Waals surface area contributed by atoms with Crippen LogP contribution in [0.2, 0.25) is 0 Å². The van der Waals surface area contributed by atoms with E-state index in [0.29, 0.717) is 17.5 Å². The average molecular weight is 180 g/mol. The Morgan fingerprint density at radius 2 is 2.23 bits per heavy atom. The van der Waals surface area contributed by atoms with E-state index in [-0.39, 0.29) is 17.5 Å². The lowest BCUT2D eigenvalue weighted by molar-refractivity contribution is 0.0988. The number of benzene rings is 1. The fourth-order valence-electron chi connectivity index (χ4n) is 1.80. The Balaban J connectivity index is 2.69. The van der Waals surface area contributed by atoms with Gasteiger partial charge in [0.25, 0.3) is 0 Å². The third kappa shape index (κ3) is 1.11. The average Bonchev–Trinajstić information content (AvgIpc) is 2.27. The van der Waals surface area contributed by atoms with Crippen molar-refractivity contribution in [2.75, 3.05) is 0 Å². The predicted octanol–water partition coefficient (Wildman–Crippen LogP) is 2.22. The minimum Gasteiger partial charge on any atom is -0.507 e. The highest BCUT2D eigenvalue weighted by Crippen LogP contribution is 2.37. The van der Waals surface area contributed by atoms with Crippen LogP contribution in [0.15, 0.2) is 12.1 Å². The summed E-state index contributed by atoms with van der Waals surface area (Å²) in [4.78, 5) is 11.3. The number of phenols is 1. The maximum atomic E-state index is 12.9. The van der Waals surface area contributed by atoms with Crippen LogP contribution < -0.4 is 0 Å². The van der Waals surface area contributed by atoms with Gasteiger partial charge in [-0.25, -0.2) is 4.39 Å². The van der Waals surface area contributed by atoms with E-state index >= 15 is 0 Å². The van der Waals surface area contributed by atoms with Gasteiger partial charge in [-0.05, 0) is 17.5 Å². The zero-order valence-corrected chi connectivity index (χ0v) is 7.17. The number of halogens is 1. The molecule has 1 aromatic rings. The summed E-state index contributed by atoms with van der Waals surface area (Å²) in [6.07, 6.45) is 0.367. The first kappa shape index (κ1) is 8.23. The summed E-state index contributed by atoms with van der Waals surface area (Å²) in [6, 6.07) is 2.30. The largest absolute Gasteiger partial charge is 0.507 e. The van der Waals surface area contributed by atoms with Crippen LogP contribution in [0.25, 0.3) is 0 Å². The van der Waals surface area contributed by atoms with Gasteiger partial charge in [0.15, 0.2) is 5.78 Å². The Morgan fingerprint density at radius 3 is 2.92 bits per heavy atom. The van der Waals surface area contributed by atoms with Gasteiger partial charge in [-0.15, -0.1) is 0 Å². The summed E-state index contributed by atoms with van der Waals surface area (Å²) in [7, 11) is 0. The van der Waals surface area contributed by atoms with E-state index in [0.717, 1.165) is 6.07 Å². The van der Waals surface area contributed by atoms with Crippen molar-refractivity contribution < 1.29 is 14.3 Å². The summed E-state index contributed by atoms with van der Waals surface area (Å²) < 4.78 is 12.9. The van der Waals surface area contributed by atoms with Crippen molar-refractivity contribution in [3.05, 3.63) is 29.1 Å². The molecule has 0 aromatic heterocycles. The van der Waals surface area contributed by atoms with E-state index in [4.69, 9.17) is 0 Å². The number of aromatic hydroxyl groups is 1. The second kappa shape index (κ2) is 2.55. The molecule has 0 saturated heterocycles. The summed E-state index contributed by atoms with van der Waals surface area (Å²) in [5.74, 6) is -0.800. The quantitative estimate of drug-likeness (QED) is 0.664. The van der Waals surface area contributed by atoms with Crippen LogP contribution in [0.1, 0.15) is 35.2 Å². The van der Waals surface area contributed by atoms with Gasteiger partial charge >= 0.3 is 0 Å². The Morgan fingerprint density at radius 1 is 1.54 bits per heavy atom. The highest BCUT2D eigenvalue weighted by Gasteiger charge is 2.29. The molecule has 0 radical (unpaired) electrons. The van der Waals surface area contributed by atoms with E-state index < -0.39 is 5.82 Å². The lowest BCUT2D eigenvalue weighted by atomic mass is 10.0. The fourth-order valence-corrected chi connectivity index (χ4v) is 1.80. The first-order chi connectivity index (χ1) is 6.09. The second-order valence-corrected chi connectivity index (χ2v) is 3.42. The Labute approximate surface area is 75.0 Å². The number of carbonyl (C=O) groups is 1. The topological polar surface area (TPSA) is 37.3 Å². The second-order valence-electron chi connectivity index (χ2n) is 3.42. The zero-order valence-electron chi connectivity index (χ0n) is 7.17. The molecule has 0 aliphatic heterocycles. The predicted molar refractivity (Wildman–Crippen MR) is 45.4 cm³/mol. The van der Waals surface area contributed by atoms with Crippen molar-refractivity contribution in [2.24, 2.45) is 0 Å². The molecule has 0 spiro atoms. The van der Waals surface area contributed by atoms with Crippen LogP contribution >= 0.6 is 0 Å². The molecule has 0 amide bonds. The van der Waals surface area contributed by atoms with Crippen LogP contribution in [0.4, 0.5) is 4.39 Å². The third-order valence-electron chi connectivity index (χ3n) is 2.41. The lowest BCUT2D eigenvalue weighted by Gasteiger charge is -2.04. The summed E-state index contributed by atoms with van der Waals surface area (Å²) in [6.45, 7) is 1.85. The van der Waals surface area contributed by atoms with Crippen LogP contribution in [0.3, 0.4) is 0 Å². The molecule has 2 nitrogen and oxygen atoms in total. The molecule has 1 atom stereocenters. The summed E-state index contributed by atoms with van der Waals surface area (Å²) >= 11 is 0. The van der Waals surface area contributed by atoms with Gasteiger partial charge in [-0.2, -0.15) is 0 Å². The monoisotopic (exact) mass is 180 g/mol. The third-order valence-corrected chi connectivity index (χ3v) is 2.41. The normalized spacial score (nSPS) is 20.5. The molecule has 1 aliphatic rings. The van der Waals surface area contributed by atoms with E-state index in [1.165, 1.54) is 6.07 Å². The standard InChI is InChI=1S/C10H9FO2/c1-5-2-8(12)10-7(5)3-6(11)4-9(10)13/h3-5,13H,2H2,1H3. The molecule has 68 valence electrons.